The van der Waals surface area contributed by atoms with E-state index in [1.807, 2.05) is 0 Å². The van der Waals surface area contributed by atoms with Gasteiger partial charge in [-0.05, 0) is 24.0 Å². The quantitative estimate of drug-likeness (QED) is 0.863. The van der Waals surface area contributed by atoms with Crippen molar-refractivity contribution in [1.82, 2.24) is 0 Å². The topological polar surface area (TPSA) is 35.2 Å². The van der Waals surface area contributed by atoms with E-state index < -0.39 is 0 Å². The maximum atomic E-state index is 6.18. The molecule has 0 amide bonds. The van der Waals surface area contributed by atoms with Crippen molar-refractivity contribution in [1.29, 1.82) is 0 Å². The Balaban J connectivity index is 2.94. The van der Waals surface area contributed by atoms with Crippen LogP contribution in [0.1, 0.15) is 38.3 Å². The van der Waals surface area contributed by atoms with Gasteiger partial charge in [0.15, 0.2) is 0 Å². The summed E-state index contributed by atoms with van der Waals surface area (Å²) in [6.07, 6.45) is 2.01. The molecule has 0 heterocycles. The Morgan fingerprint density at radius 3 is 2.47 bits per heavy atom. The lowest BCUT2D eigenvalue weighted by molar-refractivity contribution is 0.414. The summed E-state index contributed by atoms with van der Waals surface area (Å²) in [4.78, 5) is 0. The molecule has 0 aliphatic heterocycles. The van der Waals surface area contributed by atoms with Gasteiger partial charge in [-0.15, -0.1) is 0 Å². The Morgan fingerprint density at radius 1 is 1.29 bits per heavy atom. The zero-order valence-electron chi connectivity index (χ0n) is 10.5. The van der Waals surface area contributed by atoms with Crippen molar-refractivity contribution < 1.29 is 4.74 Å². The smallest absolute Gasteiger partial charge is 0.138 e. The van der Waals surface area contributed by atoms with E-state index in [0.717, 1.165) is 18.4 Å². The molecule has 0 aromatic heterocycles. The predicted octanol–water partition coefficient (Wildman–Crippen LogP) is 4.44. The lowest BCUT2D eigenvalue weighted by Crippen LogP contribution is -2.14. The van der Waals surface area contributed by atoms with Gasteiger partial charge in [-0.3, -0.25) is 0 Å². The standard InChI is InChI=1S/C13H19Cl2NO/c1-4-8(2)5-12(16)9-6-11(15)13(17-3)7-10(9)14/h6-8,12H,4-5,16H2,1-3H3. The first-order valence-corrected chi connectivity index (χ1v) is 6.53. The third-order valence-corrected chi connectivity index (χ3v) is 3.65. The highest BCUT2D eigenvalue weighted by atomic mass is 35.5. The van der Waals surface area contributed by atoms with Crippen LogP contribution in [0.15, 0.2) is 12.1 Å². The van der Waals surface area contributed by atoms with E-state index in [0.29, 0.717) is 21.7 Å². The highest BCUT2D eigenvalue weighted by Gasteiger charge is 2.16. The van der Waals surface area contributed by atoms with Gasteiger partial charge >= 0.3 is 0 Å². The van der Waals surface area contributed by atoms with Crippen LogP contribution in [0.4, 0.5) is 0 Å². The molecule has 0 fully saturated rings. The summed E-state index contributed by atoms with van der Waals surface area (Å²) in [5, 5.41) is 1.16. The molecule has 0 aliphatic rings. The Bertz CT molecular complexity index is 382. The van der Waals surface area contributed by atoms with Crippen molar-refractivity contribution in [3.8, 4) is 5.75 Å². The van der Waals surface area contributed by atoms with E-state index in [1.54, 1.807) is 19.2 Å². The minimum atomic E-state index is -0.0825. The highest BCUT2D eigenvalue weighted by Crippen LogP contribution is 2.35. The third kappa shape index (κ3) is 3.77. The number of rotatable bonds is 5. The maximum absolute atomic E-state index is 6.18. The molecule has 0 bridgehead atoms. The summed E-state index contributed by atoms with van der Waals surface area (Å²) in [5.41, 5.74) is 7.04. The van der Waals surface area contributed by atoms with Crippen LogP contribution in [0.5, 0.6) is 5.75 Å². The Hall–Kier alpha value is -0.440. The SMILES string of the molecule is CCC(C)CC(N)c1cc(Cl)c(OC)cc1Cl. The van der Waals surface area contributed by atoms with Crippen LogP contribution in [0.25, 0.3) is 0 Å². The maximum Gasteiger partial charge on any atom is 0.138 e. The van der Waals surface area contributed by atoms with Crippen LogP contribution in [-0.2, 0) is 0 Å². The fraction of sp³-hybridized carbons (Fsp3) is 0.538. The molecular weight excluding hydrogens is 257 g/mol. The molecule has 1 rings (SSSR count). The fourth-order valence-electron chi connectivity index (χ4n) is 1.71. The molecular formula is C13H19Cl2NO. The monoisotopic (exact) mass is 275 g/mol. The summed E-state index contributed by atoms with van der Waals surface area (Å²) in [6.45, 7) is 4.33. The molecule has 2 unspecified atom stereocenters. The number of nitrogens with two attached hydrogens (primary N) is 1. The van der Waals surface area contributed by atoms with Gasteiger partial charge in [-0.1, -0.05) is 43.5 Å². The van der Waals surface area contributed by atoms with Crippen molar-refractivity contribution in [2.24, 2.45) is 11.7 Å². The van der Waals surface area contributed by atoms with E-state index in [9.17, 15) is 0 Å². The van der Waals surface area contributed by atoms with E-state index in [-0.39, 0.29) is 6.04 Å². The second-order valence-corrected chi connectivity index (χ2v) is 5.18. The number of benzene rings is 1. The molecule has 0 aliphatic carbocycles. The molecule has 0 radical (unpaired) electrons. The molecule has 2 nitrogen and oxygen atoms in total. The van der Waals surface area contributed by atoms with Crippen LogP contribution >= 0.6 is 23.2 Å². The van der Waals surface area contributed by atoms with E-state index in [2.05, 4.69) is 13.8 Å². The first-order valence-electron chi connectivity index (χ1n) is 5.78. The minimum Gasteiger partial charge on any atom is -0.495 e. The van der Waals surface area contributed by atoms with Gasteiger partial charge in [0.25, 0.3) is 0 Å². The molecule has 2 N–H and O–H groups in total. The van der Waals surface area contributed by atoms with Gasteiger partial charge in [0.1, 0.15) is 5.75 Å². The van der Waals surface area contributed by atoms with Gasteiger partial charge in [-0.25, -0.2) is 0 Å². The number of halogens is 2. The lowest BCUT2D eigenvalue weighted by Gasteiger charge is -2.18. The van der Waals surface area contributed by atoms with Crippen molar-refractivity contribution >= 4 is 23.2 Å². The minimum absolute atomic E-state index is 0.0825. The number of methoxy groups -OCH3 is 1. The third-order valence-electron chi connectivity index (χ3n) is 3.02. The van der Waals surface area contributed by atoms with Crippen molar-refractivity contribution in [3.63, 3.8) is 0 Å². The zero-order chi connectivity index (χ0) is 13.0. The second kappa shape index (κ2) is 6.48. The van der Waals surface area contributed by atoms with Gasteiger partial charge in [0.2, 0.25) is 0 Å². The van der Waals surface area contributed by atoms with Crippen LogP contribution in [-0.4, -0.2) is 7.11 Å². The molecule has 1 aromatic rings. The van der Waals surface area contributed by atoms with Crippen LogP contribution in [0, 0.1) is 5.92 Å². The molecule has 2 atom stereocenters. The largest absolute Gasteiger partial charge is 0.495 e. The van der Waals surface area contributed by atoms with E-state index in [4.69, 9.17) is 33.7 Å². The Morgan fingerprint density at radius 2 is 1.94 bits per heavy atom. The normalized spacial score (nSPS) is 14.5. The molecule has 1 aromatic carbocycles. The second-order valence-electron chi connectivity index (χ2n) is 4.36. The van der Waals surface area contributed by atoms with Crippen molar-refractivity contribution in [2.45, 2.75) is 32.7 Å². The van der Waals surface area contributed by atoms with Crippen LogP contribution in [0.3, 0.4) is 0 Å². The number of hydrogen-bond donors (Lipinski definition) is 1. The molecule has 0 spiro atoms. The lowest BCUT2D eigenvalue weighted by atomic mass is 9.95. The van der Waals surface area contributed by atoms with Gasteiger partial charge in [0, 0.05) is 17.1 Å². The summed E-state index contributed by atoms with van der Waals surface area (Å²) in [5.74, 6) is 1.15. The molecule has 4 heteroatoms. The molecule has 0 saturated heterocycles. The van der Waals surface area contributed by atoms with Gasteiger partial charge in [-0.2, -0.15) is 0 Å². The summed E-state index contributed by atoms with van der Waals surface area (Å²) in [6, 6.07) is 3.44. The zero-order valence-corrected chi connectivity index (χ0v) is 12.0. The Labute approximate surface area is 113 Å². The van der Waals surface area contributed by atoms with Gasteiger partial charge < -0.3 is 10.5 Å². The first kappa shape index (κ1) is 14.6. The van der Waals surface area contributed by atoms with Crippen molar-refractivity contribution in [3.05, 3.63) is 27.7 Å². The summed E-state index contributed by atoms with van der Waals surface area (Å²) >= 11 is 12.3. The highest BCUT2D eigenvalue weighted by molar-refractivity contribution is 6.34. The average molecular weight is 276 g/mol. The average Bonchev–Trinajstić information content (AvgIpc) is 2.31. The first-order chi connectivity index (χ1) is 7.99. The molecule has 0 saturated carbocycles. The number of ether oxygens (including phenoxy) is 1. The van der Waals surface area contributed by atoms with Crippen molar-refractivity contribution in [2.75, 3.05) is 7.11 Å². The van der Waals surface area contributed by atoms with E-state index >= 15 is 0 Å². The fourth-order valence-corrected chi connectivity index (χ4v) is 2.25. The summed E-state index contributed by atoms with van der Waals surface area (Å²) < 4.78 is 5.11. The Kier molecular flexibility index (Phi) is 5.57. The number of hydrogen-bond acceptors (Lipinski definition) is 2. The van der Waals surface area contributed by atoms with Crippen LogP contribution < -0.4 is 10.5 Å². The predicted molar refractivity (Wildman–Crippen MR) is 74.0 cm³/mol. The van der Waals surface area contributed by atoms with E-state index in [1.165, 1.54) is 0 Å². The summed E-state index contributed by atoms with van der Waals surface area (Å²) in [7, 11) is 1.57. The van der Waals surface area contributed by atoms with Gasteiger partial charge in [0.05, 0.1) is 12.1 Å². The van der Waals surface area contributed by atoms with Crippen LogP contribution in [0.2, 0.25) is 10.0 Å². The molecule has 17 heavy (non-hydrogen) atoms. The molecule has 96 valence electrons.